The maximum absolute atomic E-state index is 14.2. The Kier molecular flexibility index (Phi) is 8.07. The third kappa shape index (κ3) is 5.68. The van der Waals surface area contributed by atoms with Crippen LogP contribution in [0.15, 0.2) is 76.2 Å². The van der Waals surface area contributed by atoms with Crippen LogP contribution >= 0.6 is 0 Å². The van der Waals surface area contributed by atoms with Crippen molar-refractivity contribution in [2.75, 3.05) is 18.0 Å². The van der Waals surface area contributed by atoms with Crippen LogP contribution in [0.3, 0.4) is 0 Å². The summed E-state index contributed by atoms with van der Waals surface area (Å²) in [6.45, 7) is 0.785. The fraction of sp³-hybridized carbons (Fsp3) is 0.400. The number of nitrogens with one attached hydrogen (secondary N) is 1. The highest BCUT2D eigenvalue weighted by atomic mass is 32.2. The van der Waals surface area contributed by atoms with Crippen molar-refractivity contribution < 1.29 is 22.4 Å². The van der Waals surface area contributed by atoms with Crippen LogP contribution in [0.2, 0.25) is 0 Å². The average Bonchev–Trinajstić information content (AvgIpc) is 3.80. The molecule has 6 rings (SSSR count). The molecular formula is C30H34N6O5S. The van der Waals surface area contributed by atoms with Gasteiger partial charge in [-0.3, -0.25) is 14.5 Å². The molecule has 2 amide bonds. The number of carbonyl (C=O) groups is 2. The minimum absolute atomic E-state index is 0.00732. The summed E-state index contributed by atoms with van der Waals surface area (Å²) < 4.78 is 35.1. The average molecular weight is 591 g/mol. The Bertz CT molecular complexity index is 1640. The molecule has 1 saturated heterocycles. The van der Waals surface area contributed by atoms with Gasteiger partial charge in [-0.25, -0.2) is 13.1 Å². The highest BCUT2D eigenvalue weighted by Crippen LogP contribution is 2.32. The van der Waals surface area contributed by atoms with E-state index in [1.165, 1.54) is 32.3 Å². The molecule has 0 radical (unpaired) electrons. The van der Waals surface area contributed by atoms with Gasteiger partial charge in [-0.15, -0.1) is 5.10 Å². The first-order valence-corrected chi connectivity index (χ1v) is 15.9. The van der Waals surface area contributed by atoms with E-state index >= 15 is 0 Å². The van der Waals surface area contributed by atoms with E-state index in [-0.39, 0.29) is 23.4 Å². The number of fused-ring (bicyclic) bond motifs is 1. The number of hydrogen-bond acceptors (Lipinski definition) is 7. The molecule has 2 aromatic carbocycles. The number of carbonyl (C=O) groups excluding carboxylic acids is 2. The molecule has 0 spiro atoms. The predicted octanol–water partition coefficient (Wildman–Crippen LogP) is 4.03. The monoisotopic (exact) mass is 590 g/mol. The lowest BCUT2D eigenvalue weighted by atomic mass is 9.95. The second-order valence-electron chi connectivity index (χ2n) is 10.9. The number of furan rings is 1. The van der Waals surface area contributed by atoms with Gasteiger partial charge in [-0.1, -0.05) is 36.6 Å². The van der Waals surface area contributed by atoms with Gasteiger partial charge in [0.25, 0.3) is 5.91 Å². The molecule has 2 fully saturated rings. The third-order valence-corrected chi connectivity index (χ3v) is 9.98. The first-order chi connectivity index (χ1) is 20.4. The summed E-state index contributed by atoms with van der Waals surface area (Å²) in [6.07, 6.45) is 8.08. The van der Waals surface area contributed by atoms with Crippen molar-refractivity contribution in [3.63, 3.8) is 0 Å². The van der Waals surface area contributed by atoms with Gasteiger partial charge >= 0.3 is 0 Å². The van der Waals surface area contributed by atoms with Crippen molar-refractivity contribution >= 4 is 38.6 Å². The number of aromatic nitrogens is 3. The fourth-order valence-electron chi connectivity index (χ4n) is 5.88. The van der Waals surface area contributed by atoms with Gasteiger partial charge in [0.15, 0.2) is 6.04 Å². The van der Waals surface area contributed by atoms with Crippen molar-refractivity contribution in [1.82, 2.24) is 24.6 Å². The lowest BCUT2D eigenvalue weighted by Gasteiger charge is -2.32. The van der Waals surface area contributed by atoms with E-state index in [4.69, 9.17) is 4.42 Å². The summed E-state index contributed by atoms with van der Waals surface area (Å²) >= 11 is 0. The van der Waals surface area contributed by atoms with E-state index in [9.17, 15) is 18.0 Å². The molecule has 1 aliphatic heterocycles. The number of amides is 2. The Hall–Kier alpha value is -4.03. The van der Waals surface area contributed by atoms with E-state index in [1.807, 2.05) is 24.3 Å². The first-order valence-electron chi connectivity index (χ1n) is 14.5. The molecule has 2 aromatic heterocycles. The van der Waals surface area contributed by atoms with Crippen molar-refractivity contribution in [2.45, 2.75) is 68.5 Å². The topological polar surface area (TPSA) is 131 Å². The van der Waals surface area contributed by atoms with Crippen LogP contribution in [0.1, 0.15) is 56.7 Å². The Morgan fingerprint density at radius 3 is 2.40 bits per heavy atom. The number of hydrogen-bond donors (Lipinski definition) is 1. The number of para-hydroxylation sites is 1. The zero-order chi connectivity index (χ0) is 29.1. The normalized spacial score (nSPS) is 17.3. The van der Waals surface area contributed by atoms with Crippen LogP contribution in [0.4, 0.5) is 5.69 Å². The standard InChI is InChI=1S/C30H34N6O5S/c37-28(21-35-26-12-5-4-11-25(26)32-33-35)36(23-14-16-24(17-15-23)42(39,40)34-18-6-7-19-34)29(27-13-8-20-41-27)30(38)31-22-9-2-1-3-10-22/h4-5,8,11-17,20,22,29H,1-3,6-7,9-10,18-19,21H2,(H,31,38). The van der Waals surface area contributed by atoms with Gasteiger partial charge in [0, 0.05) is 24.8 Å². The zero-order valence-electron chi connectivity index (χ0n) is 23.3. The summed E-state index contributed by atoms with van der Waals surface area (Å²) in [4.78, 5) is 29.6. The third-order valence-electron chi connectivity index (χ3n) is 8.06. The molecule has 1 unspecified atom stereocenters. The molecule has 220 valence electrons. The molecular weight excluding hydrogens is 556 g/mol. The molecule has 11 nitrogen and oxygen atoms in total. The molecule has 12 heteroatoms. The fourth-order valence-corrected chi connectivity index (χ4v) is 7.40. The van der Waals surface area contributed by atoms with Gasteiger partial charge in [0.2, 0.25) is 15.9 Å². The van der Waals surface area contributed by atoms with E-state index in [0.29, 0.717) is 35.6 Å². The van der Waals surface area contributed by atoms with E-state index in [1.54, 1.807) is 24.3 Å². The molecule has 42 heavy (non-hydrogen) atoms. The molecule has 3 heterocycles. The second kappa shape index (κ2) is 12.1. The van der Waals surface area contributed by atoms with Crippen LogP contribution in [-0.4, -0.2) is 58.7 Å². The Morgan fingerprint density at radius 1 is 0.952 bits per heavy atom. The largest absolute Gasteiger partial charge is 0.467 e. The zero-order valence-corrected chi connectivity index (χ0v) is 24.1. The van der Waals surface area contributed by atoms with E-state index < -0.39 is 22.0 Å². The minimum Gasteiger partial charge on any atom is -0.467 e. The van der Waals surface area contributed by atoms with Gasteiger partial charge in [-0.2, -0.15) is 4.31 Å². The van der Waals surface area contributed by atoms with Gasteiger partial charge in [0.1, 0.15) is 17.8 Å². The first kappa shape index (κ1) is 28.1. The Balaban J connectivity index is 1.38. The highest BCUT2D eigenvalue weighted by molar-refractivity contribution is 7.89. The van der Waals surface area contributed by atoms with Crippen molar-refractivity contribution in [3.05, 3.63) is 72.7 Å². The molecule has 2 aliphatic rings. The summed E-state index contributed by atoms with van der Waals surface area (Å²) in [5.74, 6) is -0.489. The van der Waals surface area contributed by atoms with E-state index in [2.05, 4.69) is 15.6 Å². The summed E-state index contributed by atoms with van der Waals surface area (Å²) in [7, 11) is -3.66. The molecule has 0 bridgehead atoms. The Labute approximate surface area is 244 Å². The van der Waals surface area contributed by atoms with Crippen molar-refractivity contribution in [3.8, 4) is 0 Å². The molecule has 1 atom stereocenters. The lowest BCUT2D eigenvalue weighted by molar-refractivity contribution is -0.128. The van der Waals surface area contributed by atoms with Crippen molar-refractivity contribution in [2.24, 2.45) is 0 Å². The number of nitrogens with zero attached hydrogens (tertiary/aromatic N) is 5. The van der Waals surface area contributed by atoms with Gasteiger partial charge in [-0.05, 0) is 74.2 Å². The molecule has 1 aliphatic carbocycles. The lowest BCUT2D eigenvalue weighted by Crippen LogP contribution is -2.48. The molecule has 4 aromatic rings. The maximum atomic E-state index is 14.2. The smallest absolute Gasteiger partial charge is 0.251 e. The highest BCUT2D eigenvalue weighted by Gasteiger charge is 2.37. The minimum atomic E-state index is -3.66. The van der Waals surface area contributed by atoms with Crippen LogP contribution in [0.25, 0.3) is 11.0 Å². The summed E-state index contributed by atoms with van der Waals surface area (Å²) in [5.41, 5.74) is 1.69. The number of benzene rings is 2. The number of anilines is 1. The van der Waals surface area contributed by atoms with Gasteiger partial charge < -0.3 is 9.73 Å². The molecule has 1 saturated carbocycles. The number of rotatable bonds is 9. The predicted molar refractivity (Wildman–Crippen MR) is 156 cm³/mol. The van der Waals surface area contributed by atoms with Crippen LogP contribution in [0, 0.1) is 0 Å². The van der Waals surface area contributed by atoms with Crippen molar-refractivity contribution in [1.29, 1.82) is 0 Å². The molecule has 1 N–H and O–H groups in total. The summed E-state index contributed by atoms with van der Waals surface area (Å²) in [6, 6.07) is 15.7. The van der Waals surface area contributed by atoms with Crippen LogP contribution < -0.4 is 10.2 Å². The number of sulfonamides is 1. The van der Waals surface area contributed by atoms with Gasteiger partial charge in [0.05, 0.1) is 16.7 Å². The van der Waals surface area contributed by atoms with Crippen LogP contribution in [-0.2, 0) is 26.2 Å². The maximum Gasteiger partial charge on any atom is 0.251 e. The van der Waals surface area contributed by atoms with E-state index in [0.717, 1.165) is 44.9 Å². The SMILES string of the molecule is O=C(NC1CCCCC1)C(c1ccco1)N(C(=O)Cn1nnc2ccccc21)c1ccc(S(=O)(=O)N2CCCC2)cc1. The Morgan fingerprint density at radius 2 is 1.69 bits per heavy atom. The van der Waals surface area contributed by atoms with Crippen LogP contribution in [0.5, 0.6) is 0 Å². The quantitative estimate of drug-likeness (QED) is 0.311. The second-order valence-corrected chi connectivity index (χ2v) is 12.8. The summed E-state index contributed by atoms with van der Waals surface area (Å²) in [5, 5.41) is 11.5.